The van der Waals surface area contributed by atoms with Gasteiger partial charge in [0.25, 0.3) is 0 Å². The standard InChI is InChI=1S/C16H18FN3S/c17-12-3-4-15-13(10-12)14(19-8-5-18-6-9-19)11-20-7-1-2-16(20)21-15/h1-4,7,10,14,18H,5-6,8-9,11H2. The molecule has 1 unspecified atom stereocenters. The molecule has 0 bridgehead atoms. The second kappa shape index (κ2) is 5.48. The minimum absolute atomic E-state index is 0.138. The third-order valence-corrected chi connectivity index (χ3v) is 5.47. The molecule has 0 saturated carbocycles. The quantitative estimate of drug-likeness (QED) is 0.875. The van der Waals surface area contributed by atoms with Gasteiger partial charge in [-0.2, -0.15) is 0 Å². The van der Waals surface area contributed by atoms with E-state index in [4.69, 9.17) is 0 Å². The summed E-state index contributed by atoms with van der Waals surface area (Å²) < 4.78 is 16.1. The van der Waals surface area contributed by atoms with Gasteiger partial charge in [0.1, 0.15) is 5.82 Å². The van der Waals surface area contributed by atoms with Crippen molar-refractivity contribution in [1.82, 2.24) is 14.8 Å². The fraction of sp³-hybridized carbons (Fsp3) is 0.375. The van der Waals surface area contributed by atoms with E-state index >= 15 is 0 Å². The zero-order valence-electron chi connectivity index (χ0n) is 11.8. The normalized spacial score (nSPS) is 22.4. The van der Waals surface area contributed by atoms with Gasteiger partial charge in [-0.15, -0.1) is 0 Å². The van der Waals surface area contributed by atoms with Gasteiger partial charge in [0.05, 0.1) is 11.1 Å². The van der Waals surface area contributed by atoms with Crippen LogP contribution in [0, 0.1) is 5.82 Å². The largest absolute Gasteiger partial charge is 0.341 e. The van der Waals surface area contributed by atoms with Crippen LogP contribution in [0.15, 0.2) is 46.5 Å². The smallest absolute Gasteiger partial charge is 0.123 e. The van der Waals surface area contributed by atoms with Crippen LogP contribution in [0.5, 0.6) is 0 Å². The second-order valence-electron chi connectivity index (χ2n) is 5.58. The number of fused-ring (bicyclic) bond motifs is 2. The first kappa shape index (κ1) is 13.4. The number of piperazine rings is 1. The predicted octanol–water partition coefficient (Wildman–Crippen LogP) is 2.74. The maximum Gasteiger partial charge on any atom is 0.123 e. The third kappa shape index (κ3) is 2.50. The zero-order chi connectivity index (χ0) is 14.2. The minimum Gasteiger partial charge on any atom is -0.341 e. The Hall–Kier alpha value is -1.30. The van der Waals surface area contributed by atoms with Crippen LogP contribution in [0.4, 0.5) is 4.39 Å². The van der Waals surface area contributed by atoms with Crippen molar-refractivity contribution in [3.8, 4) is 0 Å². The number of hydrogen-bond acceptors (Lipinski definition) is 3. The van der Waals surface area contributed by atoms with Crippen molar-refractivity contribution in [3.63, 3.8) is 0 Å². The van der Waals surface area contributed by atoms with Gasteiger partial charge in [-0.3, -0.25) is 4.90 Å². The van der Waals surface area contributed by atoms with E-state index in [9.17, 15) is 4.39 Å². The Bertz CT molecular complexity index is 649. The average Bonchev–Trinajstić information content (AvgIpc) is 2.89. The molecule has 5 heteroatoms. The van der Waals surface area contributed by atoms with Crippen LogP contribution in [0.25, 0.3) is 0 Å². The monoisotopic (exact) mass is 303 g/mol. The van der Waals surface area contributed by atoms with Crippen LogP contribution in [-0.4, -0.2) is 35.6 Å². The maximum atomic E-state index is 13.8. The van der Waals surface area contributed by atoms with Gasteiger partial charge in [0.15, 0.2) is 0 Å². The summed E-state index contributed by atoms with van der Waals surface area (Å²) in [5, 5.41) is 4.63. The number of rotatable bonds is 1. The third-order valence-electron chi connectivity index (χ3n) is 4.30. The lowest BCUT2D eigenvalue weighted by Crippen LogP contribution is -2.46. The van der Waals surface area contributed by atoms with Gasteiger partial charge in [-0.25, -0.2) is 4.39 Å². The Morgan fingerprint density at radius 3 is 2.90 bits per heavy atom. The van der Waals surface area contributed by atoms with Crippen molar-refractivity contribution < 1.29 is 4.39 Å². The van der Waals surface area contributed by atoms with E-state index in [0.717, 1.165) is 38.3 Å². The first-order valence-electron chi connectivity index (χ1n) is 7.38. The van der Waals surface area contributed by atoms with Crippen LogP contribution < -0.4 is 5.32 Å². The lowest BCUT2D eigenvalue weighted by molar-refractivity contribution is 0.155. The molecule has 0 spiro atoms. The average molecular weight is 303 g/mol. The molecule has 3 heterocycles. The summed E-state index contributed by atoms with van der Waals surface area (Å²) in [4.78, 5) is 3.65. The Labute approximate surface area is 128 Å². The molecule has 1 atom stereocenters. The fourth-order valence-corrected chi connectivity index (χ4v) is 4.29. The van der Waals surface area contributed by atoms with Crippen molar-refractivity contribution in [2.75, 3.05) is 26.2 Å². The van der Waals surface area contributed by atoms with Gasteiger partial charge in [-0.05, 0) is 35.9 Å². The number of benzene rings is 1. The highest BCUT2D eigenvalue weighted by Gasteiger charge is 2.28. The molecule has 1 saturated heterocycles. The van der Waals surface area contributed by atoms with Gasteiger partial charge >= 0.3 is 0 Å². The second-order valence-corrected chi connectivity index (χ2v) is 6.65. The molecular weight excluding hydrogens is 285 g/mol. The Balaban J connectivity index is 1.78. The highest BCUT2D eigenvalue weighted by Crippen LogP contribution is 2.40. The maximum absolute atomic E-state index is 13.8. The molecule has 2 aromatic rings. The van der Waals surface area contributed by atoms with E-state index in [1.54, 1.807) is 23.9 Å². The topological polar surface area (TPSA) is 20.2 Å². The van der Waals surface area contributed by atoms with Crippen LogP contribution >= 0.6 is 11.8 Å². The van der Waals surface area contributed by atoms with Crippen molar-refractivity contribution in [3.05, 3.63) is 47.9 Å². The Kier molecular flexibility index (Phi) is 3.49. The van der Waals surface area contributed by atoms with E-state index in [0.29, 0.717) is 0 Å². The van der Waals surface area contributed by atoms with E-state index in [-0.39, 0.29) is 11.9 Å². The highest BCUT2D eigenvalue weighted by molar-refractivity contribution is 7.99. The Morgan fingerprint density at radius 1 is 1.19 bits per heavy atom. The summed E-state index contributed by atoms with van der Waals surface area (Å²) >= 11 is 1.74. The summed E-state index contributed by atoms with van der Waals surface area (Å²) in [7, 11) is 0. The summed E-state index contributed by atoms with van der Waals surface area (Å²) in [6.45, 7) is 4.94. The number of nitrogens with zero attached hydrogens (tertiary/aromatic N) is 2. The number of nitrogens with one attached hydrogen (secondary N) is 1. The van der Waals surface area contributed by atoms with Gasteiger partial charge in [-0.1, -0.05) is 11.8 Å². The molecule has 0 radical (unpaired) electrons. The van der Waals surface area contributed by atoms with Gasteiger partial charge in [0, 0.05) is 43.8 Å². The summed E-state index contributed by atoms with van der Waals surface area (Å²) in [5.41, 5.74) is 1.13. The molecule has 0 amide bonds. The van der Waals surface area contributed by atoms with Crippen LogP contribution in [-0.2, 0) is 6.54 Å². The molecule has 1 fully saturated rings. The summed E-state index contributed by atoms with van der Waals surface area (Å²) in [5.74, 6) is -0.138. The predicted molar refractivity (Wildman–Crippen MR) is 82.1 cm³/mol. The van der Waals surface area contributed by atoms with Crippen LogP contribution in [0.3, 0.4) is 0 Å². The molecule has 2 aliphatic heterocycles. The molecule has 4 rings (SSSR count). The van der Waals surface area contributed by atoms with Gasteiger partial charge in [0.2, 0.25) is 0 Å². The van der Waals surface area contributed by atoms with E-state index in [1.807, 2.05) is 6.07 Å². The Morgan fingerprint density at radius 2 is 2.05 bits per heavy atom. The fourth-order valence-electron chi connectivity index (χ4n) is 3.22. The molecule has 0 aliphatic carbocycles. The SMILES string of the molecule is Fc1ccc2c(c1)C(N1CCNCC1)Cn1cccc1S2. The summed E-state index contributed by atoms with van der Waals surface area (Å²) in [6, 6.07) is 9.69. The van der Waals surface area contributed by atoms with Crippen molar-refractivity contribution in [1.29, 1.82) is 0 Å². The number of hydrogen-bond donors (Lipinski definition) is 1. The lowest BCUT2D eigenvalue weighted by Gasteiger charge is -2.35. The molecule has 2 aliphatic rings. The molecule has 21 heavy (non-hydrogen) atoms. The molecule has 3 nitrogen and oxygen atoms in total. The first-order valence-corrected chi connectivity index (χ1v) is 8.20. The van der Waals surface area contributed by atoms with E-state index < -0.39 is 0 Å². The van der Waals surface area contributed by atoms with Crippen molar-refractivity contribution in [2.45, 2.75) is 22.5 Å². The number of halogens is 1. The van der Waals surface area contributed by atoms with Crippen molar-refractivity contribution >= 4 is 11.8 Å². The first-order chi connectivity index (χ1) is 10.3. The zero-order valence-corrected chi connectivity index (χ0v) is 12.6. The van der Waals surface area contributed by atoms with E-state index in [1.165, 1.54) is 9.92 Å². The highest BCUT2D eigenvalue weighted by atomic mass is 32.2. The molecule has 1 N–H and O–H groups in total. The molecule has 1 aromatic heterocycles. The molecule has 1 aromatic carbocycles. The molecule has 110 valence electrons. The summed E-state index contributed by atoms with van der Waals surface area (Å²) in [6.07, 6.45) is 2.12. The van der Waals surface area contributed by atoms with Crippen molar-refractivity contribution in [2.24, 2.45) is 0 Å². The van der Waals surface area contributed by atoms with E-state index in [2.05, 4.69) is 33.1 Å². The molecular formula is C16H18FN3S. The number of aromatic nitrogens is 1. The minimum atomic E-state index is -0.138. The van der Waals surface area contributed by atoms with Crippen LogP contribution in [0.1, 0.15) is 11.6 Å². The lowest BCUT2D eigenvalue weighted by atomic mass is 10.0. The van der Waals surface area contributed by atoms with Crippen LogP contribution in [0.2, 0.25) is 0 Å². The van der Waals surface area contributed by atoms with Gasteiger partial charge < -0.3 is 9.88 Å².